The van der Waals surface area contributed by atoms with E-state index in [-0.39, 0.29) is 17.9 Å². The molecule has 0 aromatic heterocycles. The molecule has 0 spiro atoms. The van der Waals surface area contributed by atoms with E-state index >= 15 is 0 Å². The molecule has 23 heavy (non-hydrogen) atoms. The normalized spacial score (nSPS) is 26.0. The zero-order valence-electron chi connectivity index (χ0n) is 13.3. The number of fused-ring (bicyclic) bond motifs is 1. The van der Waals surface area contributed by atoms with E-state index in [0.717, 1.165) is 19.9 Å². The van der Waals surface area contributed by atoms with Gasteiger partial charge in [0.2, 0.25) is 5.91 Å². The summed E-state index contributed by atoms with van der Waals surface area (Å²) in [5.74, 6) is -0.781. The molecule has 6 heteroatoms. The third kappa shape index (κ3) is 4.53. The van der Waals surface area contributed by atoms with Gasteiger partial charge in [-0.05, 0) is 30.4 Å². The Labute approximate surface area is 135 Å². The van der Waals surface area contributed by atoms with Crippen molar-refractivity contribution in [3.8, 4) is 0 Å². The molecule has 0 saturated heterocycles. The van der Waals surface area contributed by atoms with Crippen LogP contribution < -0.4 is 5.73 Å². The van der Waals surface area contributed by atoms with Crippen LogP contribution in [-0.4, -0.2) is 45.7 Å². The van der Waals surface area contributed by atoms with Gasteiger partial charge >= 0.3 is 0 Å². The van der Waals surface area contributed by atoms with E-state index in [0.29, 0.717) is 19.4 Å². The maximum Gasteiger partial charge on any atom is 0.300 e. The SMILES string of the molecule is CC(=O)O.N[C@H]1C[C@H](C(=O)N2CCc3ccccc3C2)C[C@@H]1O. The first-order chi connectivity index (χ1) is 10.9. The molecule has 1 aliphatic carbocycles. The second kappa shape index (κ2) is 7.57. The molecule has 1 saturated carbocycles. The van der Waals surface area contributed by atoms with Crippen molar-refractivity contribution in [3.05, 3.63) is 35.4 Å². The van der Waals surface area contributed by atoms with Crippen LogP contribution in [-0.2, 0) is 22.6 Å². The Kier molecular flexibility index (Phi) is 5.74. The van der Waals surface area contributed by atoms with Crippen molar-refractivity contribution in [1.82, 2.24) is 4.90 Å². The molecule has 0 radical (unpaired) electrons. The fraction of sp³-hybridized carbons (Fsp3) is 0.529. The Morgan fingerprint density at radius 3 is 2.39 bits per heavy atom. The Hall–Kier alpha value is -1.92. The van der Waals surface area contributed by atoms with Crippen molar-refractivity contribution in [2.45, 2.75) is 44.9 Å². The van der Waals surface area contributed by atoms with E-state index < -0.39 is 12.1 Å². The number of carbonyl (C=O) groups is 2. The number of carboxylic acids is 1. The number of hydrogen-bond acceptors (Lipinski definition) is 4. The fourth-order valence-corrected chi connectivity index (χ4v) is 3.19. The first-order valence-electron chi connectivity index (χ1n) is 7.87. The Bertz CT molecular complexity index is 561. The largest absolute Gasteiger partial charge is 0.481 e. The van der Waals surface area contributed by atoms with E-state index in [2.05, 4.69) is 12.1 Å². The summed E-state index contributed by atoms with van der Waals surface area (Å²) in [6.45, 7) is 2.55. The monoisotopic (exact) mass is 320 g/mol. The van der Waals surface area contributed by atoms with Crippen molar-refractivity contribution in [3.63, 3.8) is 0 Å². The van der Waals surface area contributed by atoms with Crippen LogP contribution in [0, 0.1) is 5.92 Å². The lowest BCUT2D eigenvalue weighted by atomic mass is 9.98. The van der Waals surface area contributed by atoms with Gasteiger partial charge in [-0.25, -0.2) is 0 Å². The molecule has 0 unspecified atom stereocenters. The summed E-state index contributed by atoms with van der Waals surface area (Å²) in [6.07, 6.45) is 1.52. The second-order valence-electron chi connectivity index (χ2n) is 6.20. The van der Waals surface area contributed by atoms with E-state index in [1.807, 2.05) is 17.0 Å². The number of aliphatic hydroxyl groups is 1. The van der Waals surface area contributed by atoms with Crippen LogP contribution in [0.25, 0.3) is 0 Å². The van der Waals surface area contributed by atoms with Crippen LogP contribution >= 0.6 is 0 Å². The molecule has 1 aromatic rings. The number of hydrogen-bond donors (Lipinski definition) is 3. The lowest BCUT2D eigenvalue weighted by molar-refractivity contribution is -0.136. The van der Waals surface area contributed by atoms with Crippen molar-refractivity contribution in [2.75, 3.05) is 6.54 Å². The van der Waals surface area contributed by atoms with Gasteiger partial charge in [0.15, 0.2) is 0 Å². The summed E-state index contributed by atoms with van der Waals surface area (Å²) in [4.78, 5) is 23.4. The molecule has 3 rings (SSSR count). The summed E-state index contributed by atoms with van der Waals surface area (Å²) in [5.41, 5.74) is 8.37. The molecule has 1 amide bonds. The zero-order chi connectivity index (χ0) is 17.0. The zero-order valence-corrected chi connectivity index (χ0v) is 13.3. The molecule has 6 nitrogen and oxygen atoms in total. The Morgan fingerprint density at radius 1 is 1.22 bits per heavy atom. The van der Waals surface area contributed by atoms with E-state index in [4.69, 9.17) is 15.6 Å². The van der Waals surface area contributed by atoms with Crippen LogP contribution in [0.3, 0.4) is 0 Å². The van der Waals surface area contributed by atoms with Crippen molar-refractivity contribution < 1.29 is 19.8 Å². The highest BCUT2D eigenvalue weighted by atomic mass is 16.4. The van der Waals surface area contributed by atoms with Crippen LogP contribution in [0.5, 0.6) is 0 Å². The lowest BCUT2D eigenvalue weighted by Crippen LogP contribution is -2.39. The Balaban J connectivity index is 0.000000433. The molecular weight excluding hydrogens is 296 g/mol. The molecule has 4 N–H and O–H groups in total. The number of aliphatic hydroxyl groups excluding tert-OH is 1. The fourth-order valence-electron chi connectivity index (χ4n) is 3.19. The molecule has 3 atom stereocenters. The summed E-state index contributed by atoms with van der Waals surface area (Å²) in [7, 11) is 0. The summed E-state index contributed by atoms with van der Waals surface area (Å²) < 4.78 is 0. The van der Waals surface area contributed by atoms with Gasteiger partial charge in [-0.2, -0.15) is 0 Å². The molecule has 126 valence electrons. The quantitative estimate of drug-likeness (QED) is 0.709. The van der Waals surface area contributed by atoms with Crippen LogP contribution in [0.1, 0.15) is 30.9 Å². The molecular formula is C17H24N2O4. The van der Waals surface area contributed by atoms with Gasteiger partial charge in [0.05, 0.1) is 6.10 Å². The lowest BCUT2D eigenvalue weighted by Gasteiger charge is -2.30. The van der Waals surface area contributed by atoms with Crippen LogP contribution in [0.15, 0.2) is 24.3 Å². The molecule has 0 bridgehead atoms. The number of benzene rings is 1. The molecule has 1 fully saturated rings. The number of nitrogens with zero attached hydrogens (tertiary/aromatic N) is 1. The van der Waals surface area contributed by atoms with Gasteiger partial charge in [0.1, 0.15) is 0 Å². The average Bonchev–Trinajstić information content (AvgIpc) is 2.85. The minimum Gasteiger partial charge on any atom is -0.481 e. The van der Waals surface area contributed by atoms with Gasteiger partial charge in [0.25, 0.3) is 5.97 Å². The number of carboxylic acid groups (broad SMARTS) is 1. The van der Waals surface area contributed by atoms with Gasteiger partial charge in [-0.3, -0.25) is 9.59 Å². The molecule has 1 aromatic carbocycles. The topological polar surface area (TPSA) is 104 Å². The molecule has 1 aliphatic heterocycles. The number of aliphatic carboxylic acids is 1. The van der Waals surface area contributed by atoms with Crippen molar-refractivity contribution >= 4 is 11.9 Å². The van der Waals surface area contributed by atoms with Crippen molar-refractivity contribution in [1.29, 1.82) is 0 Å². The van der Waals surface area contributed by atoms with E-state index in [1.54, 1.807) is 0 Å². The van der Waals surface area contributed by atoms with Crippen molar-refractivity contribution in [2.24, 2.45) is 11.7 Å². The second-order valence-corrected chi connectivity index (χ2v) is 6.20. The van der Waals surface area contributed by atoms with E-state index in [9.17, 15) is 9.90 Å². The highest BCUT2D eigenvalue weighted by Gasteiger charge is 2.37. The predicted octanol–water partition coefficient (Wildman–Crippen LogP) is 0.760. The maximum atomic E-state index is 12.5. The summed E-state index contributed by atoms with van der Waals surface area (Å²) >= 11 is 0. The number of rotatable bonds is 1. The van der Waals surface area contributed by atoms with Gasteiger partial charge in [-0.15, -0.1) is 0 Å². The highest BCUT2D eigenvalue weighted by molar-refractivity contribution is 5.79. The third-order valence-corrected chi connectivity index (χ3v) is 4.37. The van der Waals surface area contributed by atoms with Gasteiger partial charge in [0, 0.05) is 32.0 Å². The average molecular weight is 320 g/mol. The van der Waals surface area contributed by atoms with Crippen LogP contribution in [0.4, 0.5) is 0 Å². The molecule has 1 heterocycles. The Morgan fingerprint density at radius 2 is 1.83 bits per heavy atom. The van der Waals surface area contributed by atoms with Crippen LogP contribution in [0.2, 0.25) is 0 Å². The summed E-state index contributed by atoms with van der Waals surface area (Å²) in [5, 5.41) is 17.1. The highest BCUT2D eigenvalue weighted by Crippen LogP contribution is 2.28. The maximum absolute atomic E-state index is 12.5. The first kappa shape index (κ1) is 17.4. The third-order valence-electron chi connectivity index (χ3n) is 4.37. The number of amides is 1. The van der Waals surface area contributed by atoms with E-state index in [1.165, 1.54) is 11.1 Å². The molecule has 2 aliphatic rings. The van der Waals surface area contributed by atoms with Gasteiger partial charge in [-0.1, -0.05) is 24.3 Å². The number of nitrogens with two attached hydrogens (primary N) is 1. The standard InChI is InChI=1S/C15H20N2O2.C2H4O2/c16-13-7-12(8-14(13)18)15(19)17-6-5-10-3-1-2-4-11(10)9-17;1-2(3)4/h1-4,12-14,18H,5-9,16H2;1H3,(H,3,4)/t12-,13-,14-;/m0./s1. The first-order valence-corrected chi connectivity index (χ1v) is 7.87. The smallest absolute Gasteiger partial charge is 0.300 e. The number of carbonyl (C=O) groups excluding carboxylic acids is 1. The predicted molar refractivity (Wildman–Crippen MR) is 85.6 cm³/mol. The minimum atomic E-state index is -0.833. The van der Waals surface area contributed by atoms with Gasteiger partial charge < -0.3 is 20.8 Å². The minimum absolute atomic E-state index is 0.102. The summed E-state index contributed by atoms with van der Waals surface area (Å²) in [6, 6.07) is 8.03.